The number of anilines is 2. The van der Waals surface area contributed by atoms with Crippen molar-refractivity contribution in [1.82, 2.24) is 0 Å². The average Bonchev–Trinajstić information content (AvgIpc) is 3.01. The molecule has 2 aliphatic rings. The highest BCUT2D eigenvalue weighted by atomic mass is 15.2. The number of benzene rings is 1. The summed E-state index contributed by atoms with van der Waals surface area (Å²) in [7, 11) is 0. The van der Waals surface area contributed by atoms with Crippen LogP contribution in [0, 0.1) is 24.7 Å². The first-order chi connectivity index (χ1) is 9.15. The van der Waals surface area contributed by atoms with Crippen LogP contribution in [0.15, 0.2) is 18.2 Å². The predicted octanol–water partition coefficient (Wildman–Crippen LogP) is 3.84. The molecule has 1 unspecified atom stereocenters. The second-order valence-corrected chi connectivity index (χ2v) is 6.61. The molecule has 1 aromatic rings. The molecule has 3 atom stereocenters. The van der Waals surface area contributed by atoms with E-state index in [9.17, 15) is 0 Å². The number of nitrogen functional groups attached to an aromatic ring is 1. The minimum Gasteiger partial charge on any atom is -0.399 e. The monoisotopic (exact) mass is 258 g/mol. The van der Waals surface area contributed by atoms with Gasteiger partial charge in [-0.25, -0.2) is 0 Å². The van der Waals surface area contributed by atoms with Crippen LogP contribution >= 0.6 is 0 Å². The van der Waals surface area contributed by atoms with Crippen molar-refractivity contribution in [2.45, 2.75) is 39.5 Å². The molecular formula is C17H26N2. The molecule has 0 amide bonds. The zero-order chi connectivity index (χ0) is 13.4. The Morgan fingerprint density at radius 2 is 2.05 bits per heavy atom. The molecule has 2 N–H and O–H groups in total. The van der Waals surface area contributed by atoms with E-state index in [0.717, 1.165) is 23.4 Å². The molecule has 0 spiro atoms. The van der Waals surface area contributed by atoms with E-state index < -0.39 is 0 Å². The van der Waals surface area contributed by atoms with Gasteiger partial charge in [0.15, 0.2) is 0 Å². The Labute approximate surface area is 117 Å². The van der Waals surface area contributed by atoms with Crippen LogP contribution in [0.3, 0.4) is 0 Å². The van der Waals surface area contributed by atoms with Gasteiger partial charge in [-0.2, -0.15) is 0 Å². The Kier molecular flexibility index (Phi) is 3.42. The summed E-state index contributed by atoms with van der Waals surface area (Å²) in [6, 6.07) is 6.48. The van der Waals surface area contributed by atoms with Gasteiger partial charge in [0.25, 0.3) is 0 Å². The standard InChI is InChI=1S/C17H26N2/c1-12-4-3-5-16(12)14-8-9-19(11-14)15-6-7-17(18)13(2)10-15/h6-7,10,12,14,16H,3-5,8-9,11,18H2,1-2H3/t12-,14?,16-/m0/s1. The van der Waals surface area contributed by atoms with Gasteiger partial charge in [-0.05, 0) is 61.3 Å². The highest BCUT2D eigenvalue weighted by Crippen LogP contribution is 2.41. The van der Waals surface area contributed by atoms with Crippen LogP contribution in [0.25, 0.3) is 0 Å². The van der Waals surface area contributed by atoms with Crippen molar-refractivity contribution < 1.29 is 0 Å². The molecule has 0 radical (unpaired) electrons. The fourth-order valence-electron chi connectivity index (χ4n) is 4.10. The first kappa shape index (κ1) is 12.8. The second-order valence-electron chi connectivity index (χ2n) is 6.61. The summed E-state index contributed by atoms with van der Waals surface area (Å²) in [6.07, 6.45) is 5.73. The highest BCUT2D eigenvalue weighted by Gasteiger charge is 2.35. The van der Waals surface area contributed by atoms with E-state index >= 15 is 0 Å². The molecule has 2 fully saturated rings. The van der Waals surface area contributed by atoms with Crippen LogP contribution in [0.2, 0.25) is 0 Å². The Hall–Kier alpha value is -1.18. The largest absolute Gasteiger partial charge is 0.399 e. The van der Waals surface area contributed by atoms with Gasteiger partial charge < -0.3 is 10.6 Å². The summed E-state index contributed by atoms with van der Waals surface area (Å²) >= 11 is 0. The van der Waals surface area contributed by atoms with E-state index in [1.54, 1.807) is 0 Å². The van der Waals surface area contributed by atoms with E-state index in [1.165, 1.54) is 50.0 Å². The van der Waals surface area contributed by atoms with Crippen LogP contribution < -0.4 is 10.6 Å². The van der Waals surface area contributed by atoms with Gasteiger partial charge in [-0.15, -0.1) is 0 Å². The molecule has 2 heteroatoms. The summed E-state index contributed by atoms with van der Waals surface area (Å²) < 4.78 is 0. The van der Waals surface area contributed by atoms with Crippen molar-refractivity contribution in [3.05, 3.63) is 23.8 Å². The van der Waals surface area contributed by atoms with Gasteiger partial charge in [-0.1, -0.05) is 19.8 Å². The lowest BCUT2D eigenvalue weighted by atomic mass is 9.84. The zero-order valence-electron chi connectivity index (χ0n) is 12.2. The molecule has 3 rings (SSSR count). The van der Waals surface area contributed by atoms with Gasteiger partial charge in [0, 0.05) is 24.5 Å². The van der Waals surface area contributed by atoms with E-state index in [-0.39, 0.29) is 0 Å². The van der Waals surface area contributed by atoms with Gasteiger partial charge in [0.1, 0.15) is 0 Å². The van der Waals surface area contributed by atoms with Crippen LogP contribution in [0.1, 0.15) is 38.2 Å². The SMILES string of the molecule is Cc1cc(N2CCC([C@H]3CCC[C@@H]3C)C2)ccc1N. The molecule has 0 bridgehead atoms. The molecule has 1 aliphatic heterocycles. The minimum atomic E-state index is 0.906. The predicted molar refractivity (Wildman–Crippen MR) is 82.4 cm³/mol. The fourth-order valence-corrected chi connectivity index (χ4v) is 4.10. The number of aryl methyl sites for hydroxylation is 1. The van der Waals surface area contributed by atoms with Crippen molar-refractivity contribution in [2.24, 2.45) is 17.8 Å². The van der Waals surface area contributed by atoms with Crippen LogP contribution in [-0.4, -0.2) is 13.1 Å². The van der Waals surface area contributed by atoms with Crippen molar-refractivity contribution in [2.75, 3.05) is 23.7 Å². The van der Waals surface area contributed by atoms with E-state index in [4.69, 9.17) is 5.73 Å². The van der Waals surface area contributed by atoms with Crippen molar-refractivity contribution in [1.29, 1.82) is 0 Å². The smallest absolute Gasteiger partial charge is 0.0370 e. The molecule has 1 aromatic carbocycles. The summed E-state index contributed by atoms with van der Waals surface area (Å²) in [5, 5.41) is 0. The van der Waals surface area contributed by atoms with Gasteiger partial charge in [0.05, 0.1) is 0 Å². The van der Waals surface area contributed by atoms with Gasteiger partial charge >= 0.3 is 0 Å². The maximum atomic E-state index is 5.91. The highest BCUT2D eigenvalue weighted by molar-refractivity contribution is 5.58. The molecular weight excluding hydrogens is 232 g/mol. The summed E-state index contributed by atoms with van der Waals surface area (Å²) in [4.78, 5) is 2.56. The van der Waals surface area contributed by atoms with Gasteiger partial charge in [0.2, 0.25) is 0 Å². The third-order valence-electron chi connectivity index (χ3n) is 5.38. The Morgan fingerprint density at radius 3 is 2.74 bits per heavy atom. The Balaban J connectivity index is 1.69. The number of hydrogen-bond acceptors (Lipinski definition) is 2. The third-order valence-corrected chi connectivity index (χ3v) is 5.38. The molecule has 0 aromatic heterocycles. The molecule has 104 valence electrons. The zero-order valence-corrected chi connectivity index (χ0v) is 12.2. The van der Waals surface area contributed by atoms with Crippen molar-refractivity contribution >= 4 is 11.4 Å². The van der Waals surface area contributed by atoms with E-state index in [0.29, 0.717) is 0 Å². The quantitative estimate of drug-likeness (QED) is 0.817. The van der Waals surface area contributed by atoms with E-state index in [2.05, 4.69) is 36.9 Å². The third kappa shape index (κ3) is 2.45. The molecule has 19 heavy (non-hydrogen) atoms. The molecule has 1 aliphatic carbocycles. The topological polar surface area (TPSA) is 29.3 Å². The minimum absolute atomic E-state index is 0.906. The second kappa shape index (κ2) is 5.07. The summed E-state index contributed by atoms with van der Waals surface area (Å²) in [5.41, 5.74) is 9.39. The maximum Gasteiger partial charge on any atom is 0.0370 e. The molecule has 1 saturated heterocycles. The maximum absolute atomic E-state index is 5.91. The lowest BCUT2D eigenvalue weighted by Crippen LogP contribution is -2.24. The van der Waals surface area contributed by atoms with Crippen LogP contribution in [0.5, 0.6) is 0 Å². The number of hydrogen-bond donors (Lipinski definition) is 1. The molecule has 2 nitrogen and oxygen atoms in total. The molecule has 1 saturated carbocycles. The lowest BCUT2D eigenvalue weighted by molar-refractivity contribution is 0.296. The van der Waals surface area contributed by atoms with Crippen LogP contribution in [0.4, 0.5) is 11.4 Å². The Morgan fingerprint density at radius 1 is 1.21 bits per heavy atom. The first-order valence-electron chi connectivity index (χ1n) is 7.76. The number of nitrogens with zero attached hydrogens (tertiary/aromatic N) is 1. The van der Waals surface area contributed by atoms with Crippen molar-refractivity contribution in [3.63, 3.8) is 0 Å². The number of rotatable bonds is 2. The van der Waals surface area contributed by atoms with Crippen molar-refractivity contribution in [3.8, 4) is 0 Å². The summed E-state index contributed by atoms with van der Waals surface area (Å²) in [6.45, 7) is 7.02. The van der Waals surface area contributed by atoms with Crippen LogP contribution in [-0.2, 0) is 0 Å². The Bertz CT molecular complexity index is 455. The molecule has 1 heterocycles. The first-order valence-corrected chi connectivity index (χ1v) is 7.76. The normalized spacial score (nSPS) is 31.1. The van der Waals surface area contributed by atoms with E-state index in [1.807, 2.05) is 0 Å². The average molecular weight is 258 g/mol. The lowest BCUT2D eigenvalue weighted by Gasteiger charge is -2.24. The van der Waals surface area contributed by atoms with Gasteiger partial charge in [-0.3, -0.25) is 0 Å². The summed E-state index contributed by atoms with van der Waals surface area (Å²) in [5.74, 6) is 2.83. The fraction of sp³-hybridized carbons (Fsp3) is 0.647. The number of nitrogens with two attached hydrogens (primary N) is 1.